The molecule has 0 aliphatic carbocycles. The maximum Gasteiger partial charge on any atom is 0.254 e. The van der Waals surface area contributed by atoms with Gasteiger partial charge in [-0.15, -0.1) is 0 Å². The fourth-order valence-corrected chi connectivity index (χ4v) is 3.58. The van der Waals surface area contributed by atoms with Crippen molar-refractivity contribution in [2.45, 2.75) is 6.54 Å². The lowest BCUT2D eigenvalue weighted by molar-refractivity contribution is -0.917. The number of nitrogens with zero attached hydrogens (tertiary/aromatic N) is 1. The van der Waals surface area contributed by atoms with E-state index in [1.807, 2.05) is 35.2 Å². The highest BCUT2D eigenvalue weighted by Gasteiger charge is 2.25. The molecular weight excluding hydrogens is 384 g/mol. The van der Waals surface area contributed by atoms with Crippen LogP contribution in [0.4, 0.5) is 0 Å². The number of carbonyl (C=O) groups excluding carboxylic acids is 1. The van der Waals surface area contributed by atoms with Crippen molar-refractivity contribution in [3.05, 3.63) is 58.1 Å². The molecule has 6 heteroatoms. The molecule has 1 amide bonds. The van der Waals surface area contributed by atoms with Crippen LogP contribution in [0.25, 0.3) is 0 Å². The molecule has 2 heterocycles. The van der Waals surface area contributed by atoms with E-state index in [1.165, 1.54) is 10.5 Å². The number of rotatable bonds is 3. The third kappa shape index (κ3) is 3.65. The Morgan fingerprint density at radius 2 is 1.76 bits per heavy atom. The molecule has 0 radical (unpaired) electrons. The fraction of sp³-hybridized carbons (Fsp3) is 0.316. The molecule has 1 saturated heterocycles. The molecule has 5 nitrogen and oxygen atoms in total. The number of ether oxygens (including phenoxy) is 2. The minimum Gasteiger partial charge on any atom is -0.454 e. The number of amides is 1. The van der Waals surface area contributed by atoms with Crippen LogP contribution in [0.3, 0.4) is 0 Å². The standard InChI is InChI=1S/C19H19BrN2O3/c20-16-4-2-15(3-5-16)19(23)22-9-7-21(8-10-22)12-14-1-6-17-18(11-14)25-13-24-17/h1-6,11H,7-10,12-13H2/p+1. The molecule has 0 saturated carbocycles. The van der Waals surface area contributed by atoms with E-state index in [0.29, 0.717) is 6.79 Å². The van der Waals surface area contributed by atoms with Gasteiger partial charge < -0.3 is 19.3 Å². The van der Waals surface area contributed by atoms with Crippen molar-refractivity contribution in [1.82, 2.24) is 4.90 Å². The van der Waals surface area contributed by atoms with E-state index in [1.54, 1.807) is 0 Å². The Labute approximate surface area is 155 Å². The Morgan fingerprint density at radius 3 is 2.52 bits per heavy atom. The van der Waals surface area contributed by atoms with E-state index >= 15 is 0 Å². The van der Waals surface area contributed by atoms with Crippen molar-refractivity contribution < 1.29 is 19.2 Å². The summed E-state index contributed by atoms with van der Waals surface area (Å²) in [5, 5.41) is 0. The number of quaternary nitrogens is 1. The highest BCUT2D eigenvalue weighted by molar-refractivity contribution is 9.10. The van der Waals surface area contributed by atoms with E-state index in [4.69, 9.17) is 9.47 Å². The normalized spacial score (nSPS) is 16.9. The minimum absolute atomic E-state index is 0.120. The second-order valence-electron chi connectivity index (χ2n) is 6.41. The van der Waals surface area contributed by atoms with E-state index in [9.17, 15) is 4.79 Å². The molecule has 2 aliphatic rings. The maximum absolute atomic E-state index is 12.6. The van der Waals surface area contributed by atoms with E-state index < -0.39 is 0 Å². The largest absolute Gasteiger partial charge is 0.454 e. The maximum atomic E-state index is 12.6. The Hall–Kier alpha value is -2.05. The Bertz CT molecular complexity index is 771. The first kappa shape index (κ1) is 16.4. The topological polar surface area (TPSA) is 43.2 Å². The fourth-order valence-electron chi connectivity index (χ4n) is 3.32. The molecule has 0 bridgehead atoms. The van der Waals surface area contributed by atoms with Gasteiger partial charge in [0.05, 0.1) is 26.2 Å². The summed E-state index contributed by atoms with van der Waals surface area (Å²) < 4.78 is 11.8. The van der Waals surface area contributed by atoms with Gasteiger partial charge in [-0.1, -0.05) is 15.9 Å². The Morgan fingerprint density at radius 1 is 1.04 bits per heavy atom. The second-order valence-corrected chi connectivity index (χ2v) is 7.33. The molecule has 1 N–H and O–H groups in total. The van der Waals surface area contributed by atoms with Crippen LogP contribution in [0.5, 0.6) is 11.5 Å². The summed E-state index contributed by atoms with van der Waals surface area (Å²) in [6.07, 6.45) is 0. The molecular formula is C19H20BrN2O3+. The number of benzene rings is 2. The zero-order valence-corrected chi connectivity index (χ0v) is 15.4. The summed E-state index contributed by atoms with van der Waals surface area (Å²) in [5.41, 5.74) is 1.99. The van der Waals surface area contributed by atoms with Crippen molar-refractivity contribution in [2.24, 2.45) is 0 Å². The number of fused-ring (bicyclic) bond motifs is 1. The SMILES string of the molecule is O=C(c1ccc(Br)cc1)N1CC[NH+](Cc2ccc3c(c2)OCO3)CC1. The lowest BCUT2D eigenvalue weighted by Crippen LogP contribution is -3.13. The molecule has 2 aromatic carbocycles. The van der Waals surface area contributed by atoms with Crippen LogP contribution in [0.2, 0.25) is 0 Å². The first-order valence-electron chi connectivity index (χ1n) is 8.46. The third-order valence-corrected chi connectivity index (χ3v) is 5.27. The average Bonchev–Trinajstić information content (AvgIpc) is 3.10. The van der Waals surface area contributed by atoms with Gasteiger partial charge in [0.25, 0.3) is 5.91 Å². The molecule has 2 aliphatic heterocycles. The molecule has 0 atom stereocenters. The number of hydrogen-bond acceptors (Lipinski definition) is 3. The van der Waals surface area contributed by atoms with Gasteiger partial charge in [-0.3, -0.25) is 4.79 Å². The van der Waals surface area contributed by atoms with E-state index in [0.717, 1.165) is 54.3 Å². The number of carbonyl (C=O) groups is 1. The molecule has 4 rings (SSSR count). The first-order chi connectivity index (χ1) is 12.2. The molecule has 0 spiro atoms. The summed E-state index contributed by atoms with van der Waals surface area (Å²) in [6, 6.07) is 13.7. The zero-order chi connectivity index (χ0) is 17.2. The summed E-state index contributed by atoms with van der Waals surface area (Å²) in [7, 11) is 0. The van der Waals surface area contributed by atoms with Crippen molar-refractivity contribution in [3.63, 3.8) is 0 Å². The monoisotopic (exact) mass is 403 g/mol. The number of hydrogen-bond donors (Lipinski definition) is 1. The van der Waals surface area contributed by atoms with Crippen molar-refractivity contribution in [3.8, 4) is 11.5 Å². The quantitative estimate of drug-likeness (QED) is 0.848. The van der Waals surface area contributed by atoms with Gasteiger partial charge in [-0.05, 0) is 42.5 Å². The minimum atomic E-state index is 0.120. The van der Waals surface area contributed by atoms with E-state index in [2.05, 4.69) is 28.1 Å². The molecule has 25 heavy (non-hydrogen) atoms. The van der Waals surface area contributed by atoms with Crippen LogP contribution in [0.15, 0.2) is 46.9 Å². The summed E-state index contributed by atoms with van der Waals surface area (Å²) in [4.78, 5) is 16.0. The van der Waals surface area contributed by atoms with Crippen molar-refractivity contribution >= 4 is 21.8 Å². The molecule has 130 valence electrons. The predicted molar refractivity (Wildman–Crippen MR) is 97.0 cm³/mol. The third-order valence-electron chi connectivity index (χ3n) is 4.74. The van der Waals surface area contributed by atoms with Crippen LogP contribution in [-0.2, 0) is 6.54 Å². The smallest absolute Gasteiger partial charge is 0.254 e. The molecule has 2 aromatic rings. The Balaban J connectivity index is 1.33. The second kappa shape index (κ2) is 7.06. The van der Waals surface area contributed by atoms with Crippen LogP contribution < -0.4 is 14.4 Å². The van der Waals surface area contributed by atoms with Gasteiger partial charge in [-0.2, -0.15) is 0 Å². The van der Waals surface area contributed by atoms with Crippen LogP contribution in [-0.4, -0.2) is 43.8 Å². The molecule has 1 fully saturated rings. The summed E-state index contributed by atoms with van der Waals surface area (Å²) >= 11 is 3.40. The van der Waals surface area contributed by atoms with E-state index in [-0.39, 0.29) is 5.91 Å². The van der Waals surface area contributed by atoms with Gasteiger partial charge in [0.1, 0.15) is 6.54 Å². The van der Waals surface area contributed by atoms with Gasteiger partial charge in [0.15, 0.2) is 11.5 Å². The van der Waals surface area contributed by atoms with Gasteiger partial charge in [0, 0.05) is 15.6 Å². The zero-order valence-electron chi connectivity index (χ0n) is 13.8. The summed E-state index contributed by atoms with van der Waals surface area (Å²) in [6.45, 7) is 4.73. The van der Waals surface area contributed by atoms with Gasteiger partial charge >= 0.3 is 0 Å². The Kier molecular flexibility index (Phi) is 4.63. The first-order valence-corrected chi connectivity index (χ1v) is 9.25. The van der Waals surface area contributed by atoms with Crippen molar-refractivity contribution in [2.75, 3.05) is 33.0 Å². The number of halogens is 1. The summed E-state index contributed by atoms with van der Waals surface area (Å²) in [5.74, 6) is 1.78. The molecule has 0 aromatic heterocycles. The van der Waals surface area contributed by atoms with Crippen molar-refractivity contribution in [1.29, 1.82) is 0 Å². The lowest BCUT2D eigenvalue weighted by Gasteiger charge is -2.32. The highest BCUT2D eigenvalue weighted by atomic mass is 79.9. The van der Waals surface area contributed by atoms with Crippen LogP contribution >= 0.6 is 15.9 Å². The number of nitrogens with one attached hydrogen (secondary N) is 1. The predicted octanol–water partition coefficient (Wildman–Crippen LogP) is 1.72. The van der Waals surface area contributed by atoms with Gasteiger partial charge in [0.2, 0.25) is 6.79 Å². The lowest BCUT2D eigenvalue weighted by atomic mass is 10.1. The highest BCUT2D eigenvalue weighted by Crippen LogP contribution is 2.32. The van der Waals surface area contributed by atoms with Crippen LogP contribution in [0.1, 0.15) is 15.9 Å². The van der Waals surface area contributed by atoms with Crippen LogP contribution in [0, 0.1) is 0 Å². The number of piperazine rings is 1. The van der Waals surface area contributed by atoms with Gasteiger partial charge in [-0.25, -0.2) is 0 Å². The average molecular weight is 404 g/mol. The molecule has 0 unspecified atom stereocenters.